The molecule has 0 amide bonds. The minimum Gasteiger partial charge on any atom is -0.387 e. The monoisotopic (exact) mass is 382 g/mol. The predicted octanol–water partition coefficient (Wildman–Crippen LogP) is 5.50. The van der Waals surface area contributed by atoms with Crippen molar-refractivity contribution in [1.29, 1.82) is 0 Å². The van der Waals surface area contributed by atoms with E-state index in [4.69, 9.17) is 0 Å². The molecule has 5 rings (SSSR count). The number of rotatable bonds is 4. The average Bonchev–Trinajstić information content (AvgIpc) is 3.42. The summed E-state index contributed by atoms with van der Waals surface area (Å²) in [5.41, 5.74) is 3.97. The van der Waals surface area contributed by atoms with E-state index < -0.39 is 17.7 Å². The molecule has 0 spiro atoms. The zero-order chi connectivity index (χ0) is 19.3. The van der Waals surface area contributed by atoms with E-state index in [-0.39, 0.29) is 11.8 Å². The summed E-state index contributed by atoms with van der Waals surface area (Å²) in [5.74, 6) is -0.181. The van der Waals surface area contributed by atoms with Gasteiger partial charge in [-0.3, -0.25) is 0 Å². The molecule has 28 heavy (non-hydrogen) atoms. The van der Waals surface area contributed by atoms with E-state index in [1.807, 2.05) is 10.6 Å². The predicted molar refractivity (Wildman–Crippen MR) is 103 cm³/mol. The Balaban J connectivity index is 1.38. The zero-order valence-electron chi connectivity index (χ0n) is 15.7. The fraction of sp³-hybridized carbons (Fsp3) is 0.435. The van der Waals surface area contributed by atoms with Gasteiger partial charge in [0, 0.05) is 6.07 Å². The Morgan fingerprint density at radius 1 is 0.929 bits per heavy atom. The lowest BCUT2D eigenvalue weighted by molar-refractivity contribution is 0.0754. The largest absolute Gasteiger partial charge is 0.387 e. The van der Waals surface area contributed by atoms with Crippen LogP contribution >= 0.6 is 0 Å². The second-order valence-electron chi connectivity index (χ2n) is 8.40. The molecule has 2 fully saturated rings. The van der Waals surface area contributed by atoms with Gasteiger partial charge in [0.15, 0.2) is 0 Å². The van der Waals surface area contributed by atoms with Gasteiger partial charge in [-0.15, -0.1) is 0 Å². The van der Waals surface area contributed by atoms with E-state index in [9.17, 15) is 13.9 Å². The highest BCUT2D eigenvalue weighted by molar-refractivity contribution is 5.50. The van der Waals surface area contributed by atoms with Crippen molar-refractivity contribution in [3.8, 4) is 0 Å². The van der Waals surface area contributed by atoms with Crippen LogP contribution in [0.5, 0.6) is 0 Å². The fourth-order valence-corrected chi connectivity index (χ4v) is 4.88. The van der Waals surface area contributed by atoms with Gasteiger partial charge in [0.25, 0.3) is 0 Å². The summed E-state index contributed by atoms with van der Waals surface area (Å²) in [6.07, 6.45) is 8.79. The highest BCUT2D eigenvalue weighted by Gasteiger charge is 2.34. The molecule has 2 saturated carbocycles. The number of benzene rings is 1. The Morgan fingerprint density at radius 2 is 1.61 bits per heavy atom. The van der Waals surface area contributed by atoms with Gasteiger partial charge in [-0.2, -0.15) is 0 Å². The van der Waals surface area contributed by atoms with Crippen molar-refractivity contribution in [1.82, 2.24) is 9.38 Å². The van der Waals surface area contributed by atoms with Crippen LogP contribution in [0.15, 0.2) is 42.9 Å². The van der Waals surface area contributed by atoms with Crippen molar-refractivity contribution < 1.29 is 13.9 Å². The van der Waals surface area contributed by atoms with Crippen molar-refractivity contribution >= 4 is 5.52 Å². The quantitative estimate of drug-likeness (QED) is 0.647. The molecule has 2 aromatic heterocycles. The minimum atomic E-state index is -0.543. The van der Waals surface area contributed by atoms with Gasteiger partial charge >= 0.3 is 0 Å². The molecule has 2 heterocycles. The Kier molecular flexibility index (Phi) is 4.43. The lowest BCUT2D eigenvalue weighted by Gasteiger charge is -2.33. The summed E-state index contributed by atoms with van der Waals surface area (Å²) in [5, 5.41) is 11.3. The van der Waals surface area contributed by atoms with E-state index in [0.29, 0.717) is 5.92 Å². The molecule has 0 radical (unpaired) electrons. The van der Waals surface area contributed by atoms with Crippen LogP contribution in [0.1, 0.15) is 73.3 Å². The maximum Gasteiger partial charge on any atom is 0.126 e. The Hall–Kier alpha value is -2.27. The third-order valence-electron chi connectivity index (χ3n) is 6.53. The number of fused-ring (bicyclic) bond motifs is 1. The molecular formula is C23H24F2N2O. The summed E-state index contributed by atoms with van der Waals surface area (Å²) in [6, 6.07) is 8.04. The zero-order valence-corrected chi connectivity index (χ0v) is 15.7. The number of aromatic nitrogens is 2. The smallest absolute Gasteiger partial charge is 0.126 e. The maximum atomic E-state index is 13.6. The third-order valence-corrected chi connectivity index (χ3v) is 6.53. The first-order valence-electron chi connectivity index (χ1n) is 10.2. The van der Waals surface area contributed by atoms with Crippen molar-refractivity contribution in [2.75, 3.05) is 0 Å². The highest BCUT2D eigenvalue weighted by Crippen LogP contribution is 2.47. The summed E-state index contributed by atoms with van der Waals surface area (Å²) >= 11 is 0. The Labute approximate surface area is 163 Å². The number of aliphatic hydroxyl groups excluding tert-OH is 1. The molecule has 1 aromatic carbocycles. The van der Waals surface area contributed by atoms with Crippen molar-refractivity contribution in [3.63, 3.8) is 0 Å². The van der Waals surface area contributed by atoms with Gasteiger partial charge in [0.05, 0.1) is 29.8 Å². The van der Waals surface area contributed by atoms with Gasteiger partial charge in [0.2, 0.25) is 0 Å². The standard InChI is InChI=1S/C23H24F2N2O/c24-18-9-17(10-19(25)11-18)14-1-5-16(6-2-14)23(28)22-21(15-3-4-15)8-7-20-12-26-13-27(20)22/h7-16,23,28H,1-6H2/t14?,16?,23-/m1/s1. The molecule has 3 nitrogen and oxygen atoms in total. The van der Waals surface area contributed by atoms with Crippen LogP contribution in [0.2, 0.25) is 0 Å². The first-order chi connectivity index (χ1) is 13.6. The molecule has 2 aliphatic carbocycles. The van der Waals surface area contributed by atoms with E-state index in [1.165, 1.54) is 30.5 Å². The molecule has 0 unspecified atom stereocenters. The topological polar surface area (TPSA) is 37.5 Å². The second kappa shape index (κ2) is 6.96. The van der Waals surface area contributed by atoms with Gasteiger partial charge < -0.3 is 9.51 Å². The lowest BCUT2D eigenvalue weighted by Crippen LogP contribution is -2.22. The van der Waals surface area contributed by atoms with Crippen molar-refractivity contribution in [2.45, 2.75) is 56.5 Å². The average molecular weight is 382 g/mol. The molecule has 3 aromatic rings. The van der Waals surface area contributed by atoms with Gasteiger partial charge in [0.1, 0.15) is 11.6 Å². The SMILES string of the molecule is O[C@@H](c1c(C2CC2)ccc2cncn12)C1CCC(c2cc(F)cc(F)c2)CC1. The lowest BCUT2D eigenvalue weighted by atomic mass is 9.75. The number of pyridine rings is 1. The molecule has 2 aliphatic rings. The van der Waals surface area contributed by atoms with Crippen molar-refractivity contribution in [3.05, 3.63) is 71.3 Å². The molecule has 5 heteroatoms. The van der Waals surface area contributed by atoms with Crippen LogP contribution in [-0.4, -0.2) is 14.5 Å². The number of nitrogens with zero attached hydrogens (tertiary/aromatic N) is 2. The van der Waals surface area contributed by atoms with Crippen LogP contribution in [0.4, 0.5) is 8.78 Å². The minimum absolute atomic E-state index is 0.153. The molecule has 1 N–H and O–H groups in total. The Morgan fingerprint density at radius 3 is 2.29 bits per heavy atom. The Bertz CT molecular complexity index is 983. The number of halogens is 2. The van der Waals surface area contributed by atoms with Crippen LogP contribution in [0.3, 0.4) is 0 Å². The van der Waals surface area contributed by atoms with E-state index in [1.54, 1.807) is 6.33 Å². The highest BCUT2D eigenvalue weighted by atomic mass is 19.1. The normalized spacial score (nSPS) is 23.8. The van der Waals surface area contributed by atoms with Crippen LogP contribution < -0.4 is 0 Å². The first kappa shape index (κ1) is 17.8. The molecule has 146 valence electrons. The van der Waals surface area contributed by atoms with Gasteiger partial charge in [-0.05, 0) is 85.6 Å². The molecule has 1 atom stereocenters. The van der Waals surface area contributed by atoms with Crippen molar-refractivity contribution in [2.24, 2.45) is 5.92 Å². The summed E-state index contributed by atoms with van der Waals surface area (Å²) in [7, 11) is 0. The molecule has 0 aliphatic heterocycles. The number of hydrogen-bond acceptors (Lipinski definition) is 2. The van der Waals surface area contributed by atoms with E-state index in [2.05, 4.69) is 17.1 Å². The summed E-state index contributed by atoms with van der Waals surface area (Å²) in [6.45, 7) is 0. The van der Waals surface area contributed by atoms with Gasteiger partial charge in [-0.25, -0.2) is 13.8 Å². The van der Waals surface area contributed by atoms with Crippen LogP contribution in [0.25, 0.3) is 5.52 Å². The molecule has 0 bridgehead atoms. The van der Waals surface area contributed by atoms with Crippen LogP contribution in [-0.2, 0) is 0 Å². The maximum absolute atomic E-state index is 13.6. The fourth-order valence-electron chi connectivity index (χ4n) is 4.88. The summed E-state index contributed by atoms with van der Waals surface area (Å²) in [4.78, 5) is 4.26. The van der Waals surface area contributed by atoms with E-state index >= 15 is 0 Å². The van der Waals surface area contributed by atoms with E-state index in [0.717, 1.165) is 48.5 Å². The third kappa shape index (κ3) is 3.22. The number of imidazole rings is 1. The molecular weight excluding hydrogens is 358 g/mol. The summed E-state index contributed by atoms with van der Waals surface area (Å²) < 4.78 is 29.2. The second-order valence-corrected chi connectivity index (χ2v) is 8.40. The van der Waals surface area contributed by atoms with Gasteiger partial charge in [-0.1, -0.05) is 6.07 Å². The number of aliphatic hydroxyl groups is 1. The van der Waals surface area contributed by atoms with Crippen LogP contribution in [0, 0.1) is 17.6 Å². The first-order valence-corrected chi connectivity index (χ1v) is 10.2. The molecule has 0 saturated heterocycles. The number of hydrogen-bond donors (Lipinski definition) is 1.